The summed E-state index contributed by atoms with van der Waals surface area (Å²) in [5.74, 6) is 0.708. The van der Waals surface area contributed by atoms with Gasteiger partial charge in [-0.15, -0.1) is 0 Å². The van der Waals surface area contributed by atoms with Crippen LogP contribution in [0.4, 0.5) is 0 Å². The van der Waals surface area contributed by atoms with Gasteiger partial charge in [-0.3, -0.25) is 9.48 Å². The summed E-state index contributed by atoms with van der Waals surface area (Å²) in [6, 6.07) is 17.3. The molecule has 1 heterocycles. The van der Waals surface area contributed by atoms with Gasteiger partial charge in [0, 0.05) is 30.9 Å². The molecule has 0 aliphatic heterocycles. The van der Waals surface area contributed by atoms with Gasteiger partial charge in [-0.1, -0.05) is 30.3 Å². The van der Waals surface area contributed by atoms with Crippen molar-refractivity contribution >= 4 is 5.91 Å². The first-order valence-electron chi connectivity index (χ1n) is 8.10. The van der Waals surface area contributed by atoms with Crippen molar-refractivity contribution in [2.45, 2.75) is 13.1 Å². The minimum atomic E-state index is -0.0292. The zero-order valence-corrected chi connectivity index (χ0v) is 14.4. The average Bonchev–Trinajstić information content (AvgIpc) is 3.08. The molecule has 0 aliphatic rings. The van der Waals surface area contributed by atoms with Crippen molar-refractivity contribution < 1.29 is 9.53 Å². The molecule has 0 radical (unpaired) electrons. The first-order valence-corrected chi connectivity index (χ1v) is 8.10. The lowest BCUT2D eigenvalue weighted by Gasteiger charge is -2.16. The summed E-state index contributed by atoms with van der Waals surface area (Å²) in [4.78, 5) is 14.2. The van der Waals surface area contributed by atoms with E-state index in [1.807, 2.05) is 29.1 Å². The molecule has 3 aromatic rings. The quantitative estimate of drug-likeness (QED) is 0.695. The molecule has 0 N–H and O–H groups in total. The van der Waals surface area contributed by atoms with E-state index in [1.54, 1.807) is 49.5 Å². The monoisotopic (exact) mass is 335 g/mol. The van der Waals surface area contributed by atoms with E-state index in [4.69, 9.17) is 4.74 Å². The minimum absolute atomic E-state index is 0.0292. The van der Waals surface area contributed by atoms with Gasteiger partial charge in [-0.25, -0.2) is 0 Å². The number of aromatic nitrogens is 2. The van der Waals surface area contributed by atoms with E-state index in [9.17, 15) is 4.79 Å². The Labute approximate surface area is 147 Å². The standard InChI is InChI=1S/C20H21N3O2/c1-22(20(24)18-8-10-19(25-2)11-9-18)13-17-12-21-23(15-17)14-16-6-4-3-5-7-16/h3-12,15H,13-14H2,1-2H3. The van der Waals surface area contributed by atoms with Gasteiger partial charge in [-0.2, -0.15) is 5.10 Å². The molecule has 2 aromatic carbocycles. The van der Waals surface area contributed by atoms with Crippen LogP contribution in [0.15, 0.2) is 67.0 Å². The minimum Gasteiger partial charge on any atom is -0.497 e. The van der Waals surface area contributed by atoms with Gasteiger partial charge in [0.05, 0.1) is 19.9 Å². The van der Waals surface area contributed by atoms with Crippen molar-refractivity contribution in [1.82, 2.24) is 14.7 Å². The van der Waals surface area contributed by atoms with Crippen molar-refractivity contribution in [1.29, 1.82) is 0 Å². The number of rotatable bonds is 6. The Morgan fingerprint density at radius 3 is 2.48 bits per heavy atom. The maximum absolute atomic E-state index is 12.5. The van der Waals surface area contributed by atoms with E-state index < -0.39 is 0 Å². The Balaban J connectivity index is 1.62. The third-order valence-corrected chi connectivity index (χ3v) is 3.98. The van der Waals surface area contributed by atoms with Crippen LogP contribution in [0.1, 0.15) is 21.5 Å². The number of ether oxygens (including phenoxy) is 1. The van der Waals surface area contributed by atoms with Crippen molar-refractivity contribution in [2.75, 3.05) is 14.2 Å². The summed E-state index contributed by atoms with van der Waals surface area (Å²) >= 11 is 0. The summed E-state index contributed by atoms with van der Waals surface area (Å²) in [6.45, 7) is 1.23. The second-order valence-corrected chi connectivity index (χ2v) is 5.92. The number of hydrogen-bond donors (Lipinski definition) is 0. The highest BCUT2D eigenvalue weighted by Gasteiger charge is 2.13. The van der Waals surface area contributed by atoms with Crippen LogP contribution in [0.25, 0.3) is 0 Å². The van der Waals surface area contributed by atoms with E-state index in [2.05, 4.69) is 17.2 Å². The maximum atomic E-state index is 12.5. The topological polar surface area (TPSA) is 47.4 Å². The molecule has 0 fully saturated rings. The van der Waals surface area contributed by atoms with Crippen LogP contribution in [0, 0.1) is 0 Å². The third-order valence-electron chi connectivity index (χ3n) is 3.98. The number of carbonyl (C=O) groups is 1. The fourth-order valence-corrected chi connectivity index (χ4v) is 2.64. The first-order chi connectivity index (χ1) is 12.2. The van der Waals surface area contributed by atoms with Crippen molar-refractivity contribution in [3.05, 3.63) is 83.7 Å². The summed E-state index contributed by atoms with van der Waals surface area (Å²) in [6.07, 6.45) is 3.78. The van der Waals surface area contributed by atoms with Crippen LogP contribution >= 0.6 is 0 Å². The summed E-state index contributed by atoms with van der Waals surface area (Å²) in [7, 11) is 3.40. The molecule has 0 unspecified atom stereocenters. The van der Waals surface area contributed by atoms with E-state index in [0.29, 0.717) is 12.1 Å². The molecule has 5 nitrogen and oxygen atoms in total. The molecule has 128 valence electrons. The second-order valence-electron chi connectivity index (χ2n) is 5.92. The van der Waals surface area contributed by atoms with E-state index in [-0.39, 0.29) is 5.91 Å². The van der Waals surface area contributed by atoms with E-state index in [1.165, 1.54) is 5.56 Å². The molecule has 0 atom stereocenters. The zero-order valence-electron chi connectivity index (χ0n) is 14.4. The van der Waals surface area contributed by atoms with Gasteiger partial charge < -0.3 is 9.64 Å². The second kappa shape index (κ2) is 7.66. The first kappa shape index (κ1) is 16.8. The fraction of sp³-hybridized carbons (Fsp3) is 0.200. The molecule has 0 bridgehead atoms. The van der Waals surface area contributed by atoms with Crippen LogP contribution in [0.5, 0.6) is 5.75 Å². The lowest BCUT2D eigenvalue weighted by atomic mass is 10.2. The van der Waals surface area contributed by atoms with Gasteiger partial charge in [0.15, 0.2) is 0 Å². The number of nitrogens with zero attached hydrogens (tertiary/aromatic N) is 3. The smallest absolute Gasteiger partial charge is 0.253 e. The number of hydrogen-bond acceptors (Lipinski definition) is 3. The van der Waals surface area contributed by atoms with E-state index >= 15 is 0 Å². The van der Waals surface area contributed by atoms with E-state index in [0.717, 1.165) is 17.9 Å². The van der Waals surface area contributed by atoms with Gasteiger partial charge in [0.1, 0.15) is 5.75 Å². The highest BCUT2D eigenvalue weighted by Crippen LogP contribution is 2.14. The maximum Gasteiger partial charge on any atom is 0.253 e. The van der Waals surface area contributed by atoms with Crippen LogP contribution in [-0.4, -0.2) is 34.7 Å². The van der Waals surface area contributed by atoms with Gasteiger partial charge in [0.25, 0.3) is 5.91 Å². The molecule has 0 spiro atoms. The van der Waals surface area contributed by atoms with Crippen molar-refractivity contribution in [3.8, 4) is 5.75 Å². The van der Waals surface area contributed by atoms with Gasteiger partial charge >= 0.3 is 0 Å². The Bertz CT molecular complexity index is 826. The normalized spacial score (nSPS) is 10.5. The Morgan fingerprint density at radius 2 is 1.80 bits per heavy atom. The summed E-state index contributed by atoms with van der Waals surface area (Å²) in [5.41, 5.74) is 2.83. The molecule has 0 aliphatic carbocycles. The average molecular weight is 335 g/mol. The summed E-state index contributed by atoms with van der Waals surface area (Å²) in [5, 5.41) is 4.38. The molecule has 1 aromatic heterocycles. The van der Waals surface area contributed by atoms with Crippen LogP contribution in [-0.2, 0) is 13.1 Å². The molecular weight excluding hydrogens is 314 g/mol. The number of carbonyl (C=O) groups excluding carboxylic acids is 1. The van der Waals surface area contributed by atoms with Crippen LogP contribution in [0.2, 0.25) is 0 Å². The molecule has 3 rings (SSSR count). The molecule has 1 amide bonds. The lowest BCUT2D eigenvalue weighted by Crippen LogP contribution is -2.25. The number of amides is 1. The van der Waals surface area contributed by atoms with Crippen molar-refractivity contribution in [2.24, 2.45) is 0 Å². The highest BCUT2D eigenvalue weighted by molar-refractivity contribution is 5.94. The highest BCUT2D eigenvalue weighted by atomic mass is 16.5. The SMILES string of the molecule is COc1ccc(C(=O)N(C)Cc2cnn(Cc3ccccc3)c2)cc1. The Morgan fingerprint density at radius 1 is 1.08 bits per heavy atom. The molecule has 5 heteroatoms. The molecular formula is C20H21N3O2. The predicted molar refractivity (Wildman–Crippen MR) is 96.6 cm³/mol. The predicted octanol–water partition coefficient (Wildman–Crippen LogP) is 3.21. The molecule has 25 heavy (non-hydrogen) atoms. The van der Waals surface area contributed by atoms with Gasteiger partial charge in [0.2, 0.25) is 0 Å². The molecule has 0 saturated heterocycles. The zero-order chi connectivity index (χ0) is 17.6. The van der Waals surface area contributed by atoms with Crippen LogP contribution in [0.3, 0.4) is 0 Å². The molecule has 0 saturated carbocycles. The summed E-state index contributed by atoms with van der Waals surface area (Å²) < 4.78 is 7.01. The fourth-order valence-electron chi connectivity index (χ4n) is 2.64. The van der Waals surface area contributed by atoms with Gasteiger partial charge in [-0.05, 0) is 29.8 Å². The number of benzene rings is 2. The van der Waals surface area contributed by atoms with Crippen LogP contribution < -0.4 is 4.74 Å². The Kier molecular flexibility index (Phi) is 5.14. The lowest BCUT2D eigenvalue weighted by molar-refractivity contribution is 0.0785. The van der Waals surface area contributed by atoms with Crippen molar-refractivity contribution in [3.63, 3.8) is 0 Å². The Hall–Kier alpha value is -3.08. The number of methoxy groups -OCH3 is 1. The third kappa shape index (κ3) is 4.26. The largest absolute Gasteiger partial charge is 0.497 e.